The maximum atomic E-state index is 5.28. The quantitative estimate of drug-likeness (QED) is 0.595. The van der Waals surface area contributed by atoms with Gasteiger partial charge < -0.3 is 9.73 Å². The normalized spacial score (nSPS) is 10.6. The van der Waals surface area contributed by atoms with Gasteiger partial charge >= 0.3 is 0 Å². The maximum Gasteiger partial charge on any atom is 0.187 e. The third kappa shape index (κ3) is 2.97. The lowest BCUT2D eigenvalue weighted by Crippen LogP contribution is -1.89. The summed E-state index contributed by atoms with van der Waals surface area (Å²) in [5.41, 5.74) is 3.97. The van der Waals surface area contributed by atoms with Crippen LogP contribution in [0.1, 0.15) is 0 Å². The Morgan fingerprint density at radius 1 is 0.913 bits per heavy atom. The monoisotopic (exact) mass is 320 g/mol. The number of benzene rings is 1. The zero-order valence-electron chi connectivity index (χ0n) is 12.0. The molecule has 0 bridgehead atoms. The van der Waals surface area contributed by atoms with Gasteiger partial charge in [0.2, 0.25) is 0 Å². The van der Waals surface area contributed by atoms with Gasteiger partial charge in [-0.1, -0.05) is 0 Å². The molecule has 112 valence electrons. The number of aromatic nitrogens is 3. The summed E-state index contributed by atoms with van der Waals surface area (Å²) < 4.78 is 5.28. The predicted molar refractivity (Wildman–Crippen MR) is 90.6 cm³/mol. The zero-order chi connectivity index (χ0) is 15.5. The van der Waals surface area contributed by atoms with Crippen LogP contribution in [0.2, 0.25) is 0 Å². The van der Waals surface area contributed by atoms with Crippen LogP contribution in [0.5, 0.6) is 0 Å². The molecule has 0 aliphatic carbocycles. The number of rotatable bonds is 4. The summed E-state index contributed by atoms with van der Waals surface area (Å²) in [6.45, 7) is 0. The molecule has 1 aromatic carbocycles. The fourth-order valence-corrected chi connectivity index (χ4v) is 2.93. The van der Waals surface area contributed by atoms with Gasteiger partial charge in [-0.05, 0) is 36.4 Å². The van der Waals surface area contributed by atoms with E-state index in [0.29, 0.717) is 0 Å². The van der Waals surface area contributed by atoms with Crippen LogP contribution in [0.4, 0.5) is 10.8 Å². The standard InChI is InChI=1S/C17H12N4OS/c1-3-14(4-2-13(1)16-9-19-11-22-16)20-17-21-15(10-23-17)12-5-7-18-8-6-12/h1-11H,(H,20,21). The molecule has 0 fully saturated rings. The molecule has 5 nitrogen and oxygen atoms in total. The molecule has 23 heavy (non-hydrogen) atoms. The molecular weight excluding hydrogens is 308 g/mol. The van der Waals surface area contributed by atoms with Crippen molar-refractivity contribution in [1.29, 1.82) is 0 Å². The molecule has 1 N–H and O–H groups in total. The van der Waals surface area contributed by atoms with Gasteiger partial charge in [-0.15, -0.1) is 11.3 Å². The number of pyridine rings is 1. The van der Waals surface area contributed by atoms with Crippen molar-refractivity contribution >= 4 is 22.2 Å². The molecule has 0 radical (unpaired) electrons. The van der Waals surface area contributed by atoms with Gasteiger partial charge in [0.05, 0.1) is 11.9 Å². The van der Waals surface area contributed by atoms with Crippen LogP contribution in [0.25, 0.3) is 22.6 Å². The lowest BCUT2D eigenvalue weighted by atomic mass is 10.2. The minimum absolute atomic E-state index is 0.755. The summed E-state index contributed by atoms with van der Waals surface area (Å²) in [5.74, 6) is 0.755. The highest BCUT2D eigenvalue weighted by Crippen LogP contribution is 2.28. The number of nitrogens with one attached hydrogen (secondary N) is 1. The first-order chi connectivity index (χ1) is 11.4. The summed E-state index contributed by atoms with van der Waals surface area (Å²) in [5, 5.41) is 6.19. The van der Waals surface area contributed by atoms with Crippen LogP contribution in [-0.4, -0.2) is 15.0 Å². The molecule has 0 amide bonds. The van der Waals surface area contributed by atoms with E-state index in [1.807, 2.05) is 41.8 Å². The Bertz CT molecular complexity index is 886. The van der Waals surface area contributed by atoms with E-state index in [4.69, 9.17) is 4.42 Å². The Balaban J connectivity index is 1.51. The van der Waals surface area contributed by atoms with Crippen molar-refractivity contribution in [2.45, 2.75) is 0 Å². The fraction of sp³-hybridized carbons (Fsp3) is 0. The molecular formula is C17H12N4OS. The average molecular weight is 320 g/mol. The zero-order valence-corrected chi connectivity index (χ0v) is 12.8. The van der Waals surface area contributed by atoms with Crippen LogP contribution in [0, 0.1) is 0 Å². The number of oxazole rings is 1. The van der Waals surface area contributed by atoms with E-state index in [1.54, 1.807) is 29.9 Å². The summed E-state index contributed by atoms with van der Waals surface area (Å²) in [6, 6.07) is 11.9. The highest BCUT2D eigenvalue weighted by atomic mass is 32.1. The highest BCUT2D eigenvalue weighted by Gasteiger charge is 2.05. The minimum atomic E-state index is 0.755. The Kier molecular flexibility index (Phi) is 3.57. The second-order valence-corrected chi connectivity index (χ2v) is 5.70. The lowest BCUT2D eigenvalue weighted by molar-refractivity contribution is 0.572. The van der Waals surface area contributed by atoms with E-state index in [0.717, 1.165) is 33.4 Å². The molecule has 0 atom stereocenters. The molecule has 0 saturated heterocycles. The Morgan fingerprint density at radius 2 is 1.74 bits per heavy atom. The number of anilines is 2. The van der Waals surface area contributed by atoms with Crippen LogP contribution in [0.3, 0.4) is 0 Å². The van der Waals surface area contributed by atoms with Crippen molar-refractivity contribution in [1.82, 2.24) is 15.0 Å². The van der Waals surface area contributed by atoms with Gasteiger partial charge in [-0.3, -0.25) is 4.98 Å². The number of hydrogen-bond acceptors (Lipinski definition) is 6. The van der Waals surface area contributed by atoms with Gasteiger partial charge in [0, 0.05) is 34.6 Å². The summed E-state index contributed by atoms with van der Waals surface area (Å²) in [6.07, 6.45) is 6.66. The smallest absolute Gasteiger partial charge is 0.187 e. The van der Waals surface area contributed by atoms with Crippen LogP contribution in [-0.2, 0) is 0 Å². The van der Waals surface area contributed by atoms with Crippen LogP contribution >= 0.6 is 11.3 Å². The first kappa shape index (κ1) is 13.7. The van der Waals surface area contributed by atoms with Gasteiger partial charge in [0.15, 0.2) is 17.3 Å². The molecule has 0 aliphatic rings. The Hall–Kier alpha value is -2.99. The second-order valence-electron chi connectivity index (χ2n) is 4.84. The first-order valence-corrected chi connectivity index (χ1v) is 7.88. The van der Waals surface area contributed by atoms with Gasteiger partial charge in [0.1, 0.15) is 0 Å². The number of nitrogens with zero attached hydrogens (tertiary/aromatic N) is 3. The van der Waals surface area contributed by atoms with E-state index in [9.17, 15) is 0 Å². The highest BCUT2D eigenvalue weighted by molar-refractivity contribution is 7.14. The topological polar surface area (TPSA) is 63.8 Å². The van der Waals surface area contributed by atoms with Gasteiger partial charge in [0.25, 0.3) is 0 Å². The van der Waals surface area contributed by atoms with Gasteiger partial charge in [-0.25, -0.2) is 9.97 Å². The predicted octanol–water partition coefficient (Wildman–Crippen LogP) is 4.60. The SMILES string of the molecule is c1cc(-c2csc(Nc3ccc(-c4cnco4)cc3)n2)ccn1. The third-order valence-corrected chi connectivity index (χ3v) is 4.09. The van der Waals surface area contributed by atoms with Crippen LogP contribution < -0.4 is 5.32 Å². The van der Waals surface area contributed by atoms with E-state index in [-0.39, 0.29) is 0 Å². The Morgan fingerprint density at radius 3 is 2.48 bits per heavy atom. The molecule has 3 aromatic heterocycles. The van der Waals surface area contributed by atoms with Crippen LogP contribution in [0.15, 0.2) is 71.2 Å². The maximum absolute atomic E-state index is 5.28. The fourth-order valence-electron chi connectivity index (χ4n) is 2.19. The molecule has 4 rings (SSSR count). The Labute approximate surface area is 136 Å². The molecule has 0 spiro atoms. The number of thiazole rings is 1. The summed E-state index contributed by atoms with van der Waals surface area (Å²) in [7, 11) is 0. The molecule has 0 aliphatic heterocycles. The summed E-state index contributed by atoms with van der Waals surface area (Å²) >= 11 is 1.57. The second kappa shape index (κ2) is 6.02. The molecule has 0 unspecified atom stereocenters. The van der Waals surface area contributed by atoms with Crippen molar-refractivity contribution in [2.24, 2.45) is 0 Å². The number of hydrogen-bond donors (Lipinski definition) is 1. The lowest BCUT2D eigenvalue weighted by Gasteiger charge is -2.03. The average Bonchev–Trinajstić information content (AvgIpc) is 3.28. The van der Waals surface area contributed by atoms with Crippen molar-refractivity contribution in [3.8, 4) is 22.6 Å². The molecule has 6 heteroatoms. The van der Waals surface area contributed by atoms with Gasteiger partial charge in [-0.2, -0.15) is 0 Å². The largest absolute Gasteiger partial charge is 0.444 e. The van der Waals surface area contributed by atoms with Crippen molar-refractivity contribution in [2.75, 3.05) is 5.32 Å². The summed E-state index contributed by atoms with van der Waals surface area (Å²) in [4.78, 5) is 12.5. The van der Waals surface area contributed by atoms with E-state index >= 15 is 0 Å². The van der Waals surface area contributed by atoms with Crippen molar-refractivity contribution in [3.63, 3.8) is 0 Å². The minimum Gasteiger partial charge on any atom is -0.444 e. The molecule has 4 aromatic rings. The van der Waals surface area contributed by atoms with Crippen molar-refractivity contribution < 1.29 is 4.42 Å². The first-order valence-electron chi connectivity index (χ1n) is 7.00. The van der Waals surface area contributed by atoms with E-state index in [2.05, 4.69) is 20.3 Å². The van der Waals surface area contributed by atoms with Crippen molar-refractivity contribution in [3.05, 3.63) is 66.8 Å². The van der Waals surface area contributed by atoms with E-state index < -0.39 is 0 Å². The molecule has 3 heterocycles. The third-order valence-electron chi connectivity index (χ3n) is 3.33. The van der Waals surface area contributed by atoms with E-state index in [1.165, 1.54) is 6.39 Å². The molecule has 0 saturated carbocycles.